The molecule has 0 saturated heterocycles. The van der Waals surface area contributed by atoms with Gasteiger partial charge >= 0.3 is 6.18 Å². The van der Waals surface area contributed by atoms with Crippen molar-refractivity contribution in [3.63, 3.8) is 0 Å². The molecule has 0 radical (unpaired) electrons. The highest BCUT2D eigenvalue weighted by molar-refractivity contribution is 7.99. The van der Waals surface area contributed by atoms with Crippen LogP contribution < -0.4 is 11.3 Å². The fourth-order valence-electron chi connectivity index (χ4n) is 2.76. The molecule has 0 aromatic heterocycles. The zero-order chi connectivity index (χ0) is 15.5. The van der Waals surface area contributed by atoms with Crippen LogP contribution in [0.5, 0.6) is 0 Å². The molecule has 0 aliphatic heterocycles. The summed E-state index contributed by atoms with van der Waals surface area (Å²) in [5, 5.41) is 0.663. The van der Waals surface area contributed by atoms with E-state index in [1.807, 2.05) is 11.8 Å². The number of alkyl halides is 3. The lowest BCUT2D eigenvalue weighted by atomic mass is 10.00. The van der Waals surface area contributed by atoms with Crippen molar-refractivity contribution in [1.82, 2.24) is 5.43 Å². The molecule has 2 nitrogen and oxygen atoms in total. The molecule has 0 bridgehead atoms. The standard InChI is InChI=1S/C15H21F3N2S/c1-10-8-11(15(16,17)18)6-7-13(10)14(20-19)9-21-12-4-2-3-5-12/h6-8,12,14,20H,2-5,9,19H2,1H3. The quantitative estimate of drug-likeness (QED) is 0.631. The molecule has 0 heterocycles. The number of aryl methyl sites for hydroxylation is 1. The molecule has 0 amide bonds. The van der Waals surface area contributed by atoms with Gasteiger partial charge in [-0.1, -0.05) is 18.9 Å². The molecule has 1 unspecified atom stereocenters. The Hall–Kier alpha value is -0.720. The number of benzene rings is 1. The van der Waals surface area contributed by atoms with Crippen LogP contribution in [0.2, 0.25) is 0 Å². The second kappa shape index (κ2) is 7.03. The first-order valence-corrected chi connectivity index (χ1v) is 8.22. The van der Waals surface area contributed by atoms with Gasteiger partial charge in [0.15, 0.2) is 0 Å². The predicted octanol–water partition coefficient (Wildman–Crippen LogP) is 4.19. The first-order valence-electron chi connectivity index (χ1n) is 7.17. The van der Waals surface area contributed by atoms with Gasteiger partial charge in [-0.3, -0.25) is 11.3 Å². The molecule has 6 heteroatoms. The van der Waals surface area contributed by atoms with Crippen LogP contribution in [0.25, 0.3) is 0 Å². The Bertz CT molecular complexity index is 470. The fourth-order valence-corrected chi connectivity index (χ4v) is 4.17. The zero-order valence-electron chi connectivity index (χ0n) is 12.0. The highest BCUT2D eigenvalue weighted by Gasteiger charge is 2.31. The highest BCUT2D eigenvalue weighted by Crippen LogP contribution is 2.34. The average molecular weight is 318 g/mol. The molecular weight excluding hydrogens is 297 g/mol. The molecule has 1 aromatic rings. The Morgan fingerprint density at radius 3 is 2.52 bits per heavy atom. The molecule has 1 fully saturated rings. The minimum atomic E-state index is -4.30. The van der Waals surface area contributed by atoms with E-state index in [2.05, 4.69) is 5.43 Å². The minimum absolute atomic E-state index is 0.113. The molecule has 2 rings (SSSR count). The molecule has 1 saturated carbocycles. The summed E-state index contributed by atoms with van der Waals surface area (Å²) < 4.78 is 38.1. The van der Waals surface area contributed by atoms with Gasteiger partial charge in [-0.05, 0) is 43.0 Å². The third-order valence-electron chi connectivity index (χ3n) is 3.97. The molecular formula is C15H21F3N2S. The summed E-state index contributed by atoms with van der Waals surface area (Å²) in [7, 11) is 0. The normalized spacial score (nSPS) is 18.1. The van der Waals surface area contributed by atoms with Gasteiger partial charge < -0.3 is 0 Å². The van der Waals surface area contributed by atoms with Crippen molar-refractivity contribution >= 4 is 11.8 Å². The predicted molar refractivity (Wildman–Crippen MR) is 81.0 cm³/mol. The Morgan fingerprint density at radius 2 is 2.00 bits per heavy atom. The van der Waals surface area contributed by atoms with E-state index in [9.17, 15) is 13.2 Å². The number of hydrogen-bond acceptors (Lipinski definition) is 3. The topological polar surface area (TPSA) is 38.0 Å². The van der Waals surface area contributed by atoms with Crippen LogP contribution in [0.4, 0.5) is 13.2 Å². The van der Waals surface area contributed by atoms with Crippen LogP contribution in [0, 0.1) is 6.92 Å². The second-order valence-corrected chi connectivity index (χ2v) is 6.86. The summed E-state index contributed by atoms with van der Waals surface area (Å²) in [6, 6.07) is 3.75. The van der Waals surface area contributed by atoms with Crippen LogP contribution in [0.15, 0.2) is 18.2 Å². The Kier molecular flexibility index (Phi) is 5.57. The van der Waals surface area contributed by atoms with Crippen molar-refractivity contribution in [1.29, 1.82) is 0 Å². The summed E-state index contributed by atoms with van der Waals surface area (Å²) >= 11 is 1.87. The highest BCUT2D eigenvalue weighted by atomic mass is 32.2. The van der Waals surface area contributed by atoms with Gasteiger partial charge in [-0.15, -0.1) is 0 Å². The summed E-state index contributed by atoms with van der Waals surface area (Å²) in [5.74, 6) is 6.38. The molecule has 1 aromatic carbocycles. The van der Waals surface area contributed by atoms with Gasteiger partial charge in [0.2, 0.25) is 0 Å². The van der Waals surface area contributed by atoms with Crippen molar-refractivity contribution in [3.8, 4) is 0 Å². The molecule has 3 N–H and O–H groups in total. The number of nitrogens with one attached hydrogen (secondary N) is 1. The number of rotatable bonds is 5. The number of hydrazine groups is 1. The minimum Gasteiger partial charge on any atom is -0.271 e. The monoisotopic (exact) mass is 318 g/mol. The maximum atomic E-state index is 12.7. The summed E-state index contributed by atoms with van der Waals surface area (Å²) in [6.07, 6.45) is 0.713. The van der Waals surface area contributed by atoms with Crippen molar-refractivity contribution in [2.45, 2.75) is 50.1 Å². The lowest BCUT2D eigenvalue weighted by Gasteiger charge is -2.21. The van der Waals surface area contributed by atoms with Gasteiger partial charge in [-0.25, -0.2) is 0 Å². The van der Waals surface area contributed by atoms with Gasteiger partial charge in [0.1, 0.15) is 0 Å². The first-order chi connectivity index (χ1) is 9.91. The Labute approximate surface area is 127 Å². The van der Waals surface area contributed by atoms with Crippen LogP contribution in [-0.4, -0.2) is 11.0 Å². The van der Waals surface area contributed by atoms with Gasteiger partial charge in [-0.2, -0.15) is 24.9 Å². The fraction of sp³-hybridized carbons (Fsp3) is 0.600. The van der Waals surface area contributed by atoms with E-state index in [4.69, 9.17) is 5.84 Å². The van der Waals surface area contributed by atoms with Crippen LogP contribution >= 0.6 is 11.8 Å². The lowest BCUT2D eigenvalue weighted by Crippen LogP contribution is -2.30. The van der Waals surface area contributed by atoms with E-state index < -0.39 is 11.7 Å². The van der Waals surface area contributed by atoms with E-state index in [1.165, 1.54) is 37.8 Å². The zero-order valence-corrected chi connectivity index (χ0v) is 12.9. The lowest BCUT2D eigenvalue weighted by molar-refractivity contribution is -0.137. The maximum absolute atomic E-state index is 12.7. The first kappa shape index (κ1) is 16.6. The van der Waals surface area contributed by atoms with Crippen molar-refractivity contribution in [2.75, 3.05) is 5.75 Å². The SMILES string of the molecule is Cc1cc(C(F)(F)F)ccc1C(CSC1CCCC1)NN. The number of halogens is 3. The van der Waals surface area contributed by atoms with Gasteiger partial charge in [0, 0.05) is 11.0 Å². The van der Waals surface area contributed by atoms with Crippen LogP contribution in [-0.2, 0) is 6.18 Å². The third-order valence-corrected chi connectivity index (χ3v) is 5.44. The number of hydrogen-bond donors (Lipinski definition) is 2. The molecule has 0 spiro atoms. The molecule has 1 aliphatic rings. The summed E-state index contributed by atoms with van der Waals surface area (Å²) in [6.45, 7) is 1.70. The Morgan fingerprint density at radius 1 is 1.33 bits per heavy atom. The maximum Gasteiger partial charge on any atom is 0.416 e. The van der Waals surface area contributed by atoms with E-state index >= 15 is 0 Å². The van der Waals surface area contributed by atoms with E-state index in [1.54, 1.807) is 6.92 Å². The summed E-state index contributed by atoms with van der Waals surface area (Å²) in [4.78, 5) is 0. The number of thioether (sulfide) groups is 1. The van der Waals surface area contributed by atoms with Crippen molar-refractivity contribution in [3.05, 3.63) is 34.9 Å². The molecule has 21 heavy (non-hydrogen) atoms. The average Bonchev–Trinajstić information content (AvgIpc) is 2.93. The van der Waals surface area contributed by atoms with Crippen LogP contribution in [0.1, 0.15) is 48.4 Å². The summed E-state index contributed by atoms with van der Waals surface area (Å²) in [5.41, 5.74) is 3.60. The van der Waals surface area contributed by atoms with Crippen molar-refractivity contribution < 1.29 is 13.2 Å². The molecule has 118 valence electrons. The smallest absolute Gasteiger partial charge is 0.271 e. The van der Waals surface area contributed by atoms with E-state index in [0.29, 0.717) is 10.8 Å². The third kappa shape index (κ3) is 4.37. The van der Waals surface area contributed by atoms with E-state index in [-0.39, 0.29) is 6.04 Å². The van der Waals surface area contributed by atoms with E-state index in [0.717, 1.165) is 17.4 Å². The second-order valence-electron chi connectivity index (χ2n) is 5.53. The van der Waals surface area contributed by atoms with Gasteiger partial charge in [0.25, 0.3) is 0 Å². The Balaban J connectivity index is 2.06. The van der Waals surface area contributed by atoms with Crippen molar-refractivity contribution in [2.24, 2.45) is 5.84 Å². The van der Waals surface area contributed by atoms with Crippen LogP contribution in [0.3, 0.4) is 0 Å². The number of nitrogens with two attached hydrogens (primary N) is 1. The molecule has 1 atom stereocenters. The largest absolute Gasteiger partial charge is 0.416 e. The van der Waals surface area contributed by atoms with Gasteiger partial charge in [0.05, 0.1) is 11.6 Å². The molecule has 1 aliphatic carbocycles.